The molecule has 2 N–H and O–H groups in total. The highest BCUT2D eigenvalue weighted by Gasteiger charge is 2.19. The van der Waals surface area contributed by atoms with Crippen molar-refractivity contribution < 1.29 is 0 Å². The van der Waals surface area contributed by atoms with Crippen molar-refractivity contribution in [3.8, 4) is 0 Å². The van der Waals surface area contributed by atoms with Crippen LogP contribution in [0.2, 0.25) is 0 Å². The van der Waals surface area contributed by atoms with Gasteiger partial charge in [0.15, 0.2) is 0 Å². The van der Waals surface area contributed by atoms with Crippen LogP contribution in [-0.2, 0) is 6.54 Å². The van der Waals surface area contributed by atoms with Crippen molar-refractivity contribution in [2.75, 3.05) is 13.1 Å². The molecule has 2 heteroatoms. The average molecular weight is 244 g/mol. The SMILES string of the molecule is c1ccc2c(c1)CNCC2CCCNC1CCC1. The molecule has 2 aliphatic rings. The summed E-state index contributed by atoms with van der Waals surface area (Å²) in [6, 6.07) is 9.76. The number of rotatable bonds is 5. The molecule has 0 amide bonds. The number of hydrogen-bond acceptors (Lipinski definition) is 2. The van der Waals surface area contributed by atoms with Gasteiger partial charge in [0.1, 0.15) is 0 Å². The van der Waals surface area contributed by atoms with Crippen LogP contribution in [0, 0.1) is 0 Å². The molecule has 18 heavy (non-hydrogen) atoms. The van der Waals surface area contributed by atoms with Crippen LogP contribution in [0.5, 0.6) is 0 Å². The van der Waals surface area contributed by atoms with Crippen molar-refractivity contribution in [1.29, 1.82) is 0 Å². The highest BCUT2D eigenvalue weighted by atomic mass is 14.9. The Bertz CT molecular complexity index is 384. The van der Waals surface area contributed by atoms with Gasteiger partial charge in [0.05, 0.1) is 0 Å². The summed E-state index contributed by atoms with van der Waals surface area (Å²) >= 11 is 0. The predicted molar refractivity (Wildman–Crippen MR) is 75.8 cm³/mol. The zero-order valence-electron chi connectivity index (χ0n) is 11.1. The van der Waals surface area contributed by atoms with Gasteiger partial charge >= 0.3 is 0 Å². The molecule has 1 aliphatic carbocycles. The van der Waals surface area contributed by atoms with E-state index in [2.05, 4.69) is 34.9 Å². The molecule has 1 atom stereocenters. The maximum absolute atomic E-state index is 3.66. The molecule has 2 nitrogen and oxygen atoms in total. The fourth-order valence-electron chi connectivity index (χ4n) is 3.11. The van der Waals surface area contributed by atoms with E-state index in [1.165, 1.54) is 44.2 Å². The van der Waals surface area contributed by atoms with Crippen LogP contribution >= 0.6 is 0 Å². The minimum absolute atomic E-state index is 0.721. The van der Waals surface area contributed by atoms with Crippen LogP contribution in [-0.4, -0.2) is 19.1 Å². The summed E-state index contributed by atoms with van der Waals surface area (Å²) in [7, 11) is 0. The Labute approximate surface area is 110 Å². The minimum Gasteiger partial charge on any atom is -0.314 e. The normalized spacial score (nSPS) is 23.4. The maximum atomic E-state index is 3.66. The zero-order valence-corrected chi connectivity index (χ0v) is 11.1. The van der Waals surface area contributed by atoms with Gasteiger partial charge in [0.25, 0.3) is 0 Å². The summed E-state index contributed by atoms with van der Waals surface area (Å²) in [6.07, 6.45) is 6.83. The van der Waals surface area contributed by atoms with E-state index in [-0.39, 0.29) is 0 Å². The predicted octanol–water partition coefficient (Wildman–Crippen LogP) is 2.80. The van der Waals surface area contributed by atoms with E-state index in [4.69, 9.17) is 0 Å². The number of fused-ring (bicyclic) bond motifs is 1. The fraction of sp³-hybridized carbons (Fsp3) is 0.625. The van der Waals surface area contributed by atoms with Crippen molar-refractivity contribution in [3.63, 3.8) is 0 Å². The molecule has 98 valence electrons. The van der Waals surface area contributed by atoms with Crippen LogP contribution in [0.4, 0.5) is 0 Å². The molecule has 0 bridgehead atoms. The Morgan fingerprint density at radius 1 is 1.22 bits per heavy atom. The van der Waals surface area contributed by atoms with Crippen molar-refractivity contribution in [2.24, 2.45) is 0 Å². The van der Waals surface area contributed by atoms with E-state index < -0.39 is 0 Å². The Balaban J connectivity index is 1.47. The summed E-state index contributed by atoms with van der Waals surface area (Å²) in [6.45, 7) is 3.40. The summed E-state index contributed by atoms with van der Waals surface area (Å²) in [5.74, 6) is 0.721. The van der Waals surface area contributed by atoms with Crippen LogP contribution < -0.4 is 10.6 Å². The molecule has 1 aromatic carbocycles. The van der Waals surface area contributed by atoms with E-state index in [0.717, 1.165) is 25.0 Å². The Morgan fingerprint density at radius 3 is 2.94 bits per heavy atom. The molecular weight excluding hydrogens is 220 g/mol. The second kappa shape index (κ2) is 5.85. The quantitative estimate of drug-likeness (QED) is 0.778. The lowest BCUT2D eigenvalue weighted by Gasteiger charge is -2.28. The maximum Gasteiger partial charge on any atom is 0.0208 e. The lowest BCUT2D eigenvalue weighted by Crippen LogP contribution is -2.36. The molecule has 0 spiro atoms. The van der Waals surface area contributed by atoms with Crippen LogP contribution in [0.15, 0.2) is 24.3 Å². The van der Waals surface area contributed by atoms with Crippen LogP contribution in [0.1, 0.15) is 49.1 Å². The first kappa shape index (κ1) is 12.2. The largest absolute Gasteiger partial charge is 0.314 e. The third-order valence-corrected chi connectivity index (χ3v) is 4.47. The Hall–Kier alpha value is -0.860. The summed E-state index contributed by atoms with van der Waals surface area (Å²) in [5.41, 5.74) is 3.08. The van der Waals surface area contributed by atoms with Crippen LogP contribution in [0.25, 0.3) is 0 Å². The summed E-state index contributed by atoms with van der Waals surface area (Å²) in [5, 5.41) is 7.20. The summed E-state index contributed by atoms with van der Waals surface area (Å²) in [4.78, 5) is 0. The Morgan fingerprint density at radius 2 is 2.11 bits per heavy atom. The van der Waals surface area contributed by atoms with Gasteiger partial charge in [-0.3, -0.25) is 0 Å². The van der Waals surface area contributed by atoms with Crippen molar-refractivity contribution in [3.05, 3.63) is 35.4 Å². The zero-order chi connectivity index (χ0) is 12.2. The van der Waals surface area contributed by atoms with E-state index in [1.807, 2.05) is 0 Å². The second-order valence-electron chi connectivity index (χ2n) is 5.75. The summed E-state index contributed by atoms with van der Waals surface area (Å²) < 4.78 is 0. The van der Waals surface area contributed by atoms with Gasteiger partial charge in [-0.05, 0) is 49.3 Å². The fourth-order valence-corrected chi connectivity index (χ4v) is 3.11. The molecule has 0 radical (unpaired) electrons. The molecule has 1 aliphatic heterocycles. The third-order valence-electron chi connectivity index (χ3n) is 4.47. The van der Waals surface area contributed by atoms with Crippen molar-refractivity contribution >= 4 is 0 Å². The van der Waals surface area contributed by atoms with Crippen molar-refractivity contribution in [2.45, 2.75) is 50.6 Å². The third kappa shape index (κ3) is 2.76. The van der Waals surface area contributed by atoms with Gasteiger partial charge in [-0.2, -0.15) is 0 Å². The van der Waals surface area contributed by atoms with E-state index in [0.29, 0.717) is 0 Å². The Kier molecular flexibility index (Phi) is 3.96. The lowest BCUT2D eigenvalue weighted by atomic mass is 9.87. The molecule has 1 heterocycles. The van der Waals surface area contributed by atoms with E-state index >= 15 is 0 Å². The van der Waals surface area contributed by atoms with E-state index in [1.54, 1.807) is 5.56 Å². The van der Waals surface area contributed by atoms with Crippen LogP contribution in [0.3, 0.4) is 0 Å². The second-order valence-corrected chi connectivity index (χ2v) is 5.75. The molecule has 0 saturated heterocycles. The van der Waals surface area contributed by atoms with Gasteiger partial charge in [0.2, 0.25) is 0 Å². The lowest BCUT2D eigenvalue weighted by molar-refractivity contribution is 0.334. The van der Waals surface area contributed by atoms with Gasteiger partial charge in [-0.15, -0.1) is 0 Å². The number of benzene rings is 1. The van der Waals surface area contributed by atoms with Gasteiger partial charge < -0.3 is 10.6 Å². The van der Waals surface area contributed by atoms with Gasteiger partial charge in [0, 0.05) is 19.1 Å². The first-order valence-electron chi connectivity index (χ1n) is 7.45. The van der Waals surface area contributed by atoms with Crippen molar-refractivity contribution in [1.82, 2.24) is 10.6 Å². The standard InChI is InChI=1S/C16H24N2/c1-2-9-16-13(5-1)11-17-12-14(16)6-4-10-18-15-7-3-8-15/h1-2,5,9,14-15,17-18H,3-4,6-8,10-12H2. The molecule has 0 aromatic heterocycles. The monoisotopic (exact) mass is 244 g/mol. The first-order valence-corrected chi connectivity index (χ1v) is 7.45. The van der Waals surface area contributed by atoms with Gasteiger partial charge in [-0.25, -0.2) is 0 Å². The highest BCUT2D eigenvalue weighted by Crippen LogP contribution is 2.27. The highest BCUT2D eigenvalue weighted by molar-refractivity contribution is 5.32. The average Bonchev–Trinajstić information content (AvgIpc) is 2.36. The first-order chi connectivity index (χ1) is 8.93. The number of nitrogens with one attached hydrogen (secondary N) is 2. The molecule has 1 saturated carbocycles. The molecule has 1 fully saturated rings. The molecule has 3 rings (SSSR count). The molecule has 1 aromatic rings. The molecular formula is C16H24N2. The van der Waals surface area contributed by atoms with E-state index in [9.17, 15) is 0 Å². The minimum atomic E-state index is 0.721. The molecule has 1 unspecified atom stereocenters. The van der Waals surface area contributed by atoms with Gasteiger partial charge in [-0.1, -0.05) is 30.7 Å². The number of hydrogen-bond donors (Lipinski definition) is 2. The smallest absolute Gasteiger partial charge is 0.0208 e. The topological polar surface area (TPSA) is 24.1 Å².